The van der Waals surface area contributed by atoms with Gasteiger partial charge in [0, 0.05) is 16.6 Å². The first-order chi connectivity index (χ1) is 14.0. The highest BCUT2D eigenvalue weighted by atomic mass is 79.9. The van der Waals surface area contributed by atoms with Crippen LogP contribution in [-0.4, -0.2) is 34.9 Å². The number of hydrogen-bond donors (Lipinski definition) is 1. The molecule has 0 fully saturated rings. The molecule has 2 aromatic rings. The van der Waals surface area contributed by atoms with Crippen molar-refractivity contribution >= 4 is 39.3 Å². The Morgan fingerprint density at radius 2 is 1.90 bits per heavy atom. The topological polar surface area (TPSA) is 58.6 Å². The minimum atomic E-state index is -0.666. The highest BCUT2D eigenvalue weighted by Crippen LogP contribution is 2.27. The molecule has 0 aliphatic rings. The summed E-state index contributed by atoms with van der Waals surface area (Å²) in [6, 6.07) is 12.4. The molecule has 0 heterocycles. The second-order valence-corrected chi connectivity index (χ2v) is 9.61. The average Bonchev–Trinajstić information content (AvgIpc) is 2.63. The van der Waals surface area contributed by atoms with Crippen LogP contribution in [0.4, 0.5) is 0 Å². The molecule has 162 valence electrons. The third kappa shape index (κ3) is 7.33. The number of ether oxygens (including phenoxy) is 1. The summed E-state index contributed by atoms with van der Waals surface area (Å²) in [7, 11) is 0. The van der Waals surface area contributed by atoms with Crippen molar-refractivity contribution in [2.45, 2.75) is 52.7 Å². The molecule has 0 saturated carbocycles. The average molecular weight is 496 g/mol. The van der Waals surface area contributed by atoms with E-state index < -0.39 is 11.6 Å². The number of rotatable bonds is 7. The number of nitrogens with one attached hydrogen (secondary N) is 1. The molecule has 2 amide bonds. The van der Waals surface area contributed by atoms with Gasteiger partial charge in [0.15, 0.2) is 6.61 Å². The molecule has 0 aliphatic carbocycles. The van der Waals surface area contributed by atoms with Crippen molar-refractivity contribution in [2.24, 2.45) is 0 Å². The summed E-state index contributed by atoms with van der Waals surface area (Å²) in [5.74, 6) is -0.104. The first kappa shape index (κ1) is 24.2. The van der Waals surface area contributed by atoms with Crippen LogP contribution in [0.3, 0.4) is 0 Å². The molecule has 2 rings (SSSR count). The predicted octanol–water partition coefficient (Wildman–Crippen LogP) is 5.12. The van der Waals surface area contributed by atoms with E-state index in [9.17, 15) is 9.59 Å². The molecule has 0 bridgehead atoms. The fourth-order valence-electron chi connectivity index (χ4n) is 2.88. The van der Waals surface area contributed by atoms with Crippen LogP contribution in [0.1, 0.15) is 38.8 Å². The fraction of sp³-hybridized carbons (Fsp3) is 0.391. The summed E-state index contributed by atoms with van der Waals surface area (Å²) in [5.41, 5.74) is 1.63. The molecule has 5 nitrogen and oxygen atoms in total. The molecule has 2 aromatic carbocycles. The largest absolute Gasteiger partial charge is 0.482 e. The smallest absolute Gasteiger partial charge is 0.261 e. The number of carbonyl (C=O) groups excluding carboxylic acids is 2. The molecular formula is C23H28BrClN2O3. The summed E-state index contributed by atoms with van der Waals surface area (Å²) < 4.78 is 6.47. The number of hydrogen-bond acceptors (Lipinski definition) is 3. The van der Waals surface area contributed by atoms with Crippen LogP contribution in [0.25, 0.3) is 0 Å². The van der Waals surface area contributed by atoms with Gasteiger partial charge >= 0.3 is 0 Å². The highest BCUT2D eigenvalue weighted by molar-refractivity contribution is 9.10. The summed E-state index contributed by atoms with van der Waals surface area (Å²) in [6.07, 6.45) is 0. The zero-order valence-electron chi connectivity index (χ0n) is 18.0. The van der Waals surface area contributed by atoms with Gasteiger partial charge in [-0.3, -0.25) is 9.59 Å². The van der Waals surface area contributed by atoms with E-state index in [0.717, 1.165) is 15.6 Å². The van der Waals surface area contributed by atoms with Gasteiger partial charge in [-0.05, 0) is 58.4 Å². The Morgan fingerprint density at radius 3 is 2.50 bits per heavy atom. The van der Waals surface area contributed by atoms with Crippen LogP contribution >= 0.6 is 27.5 Å². The van der Waals surface area contributed by atoms with E-state index >= 15 is 0 Å². The van der Waals surface area contributed by atoms with Gasteiger partial charge in [0.05, 0.1) is 5.02 Å². The van der Waals surface area contributed by atoms with Crippen LogP contribution in [-0.2, 0) is 16.1 Å². The maximum Gasteiger partial charge on any atom is 0.261 e. The summed E-state index contributed by atoms with van der Waals surface area (Å²) in [5, 5.41) is 3.34. The lowest BCUT2D eigenvalue weighted by Gasteiger charge is -2.31. The molecular weight excluding hydrogens is 468 g/mol. The fourth-order valence-corrected chi connectivity index (χ4v) is 3.61. The monoisotopic (exact) mass is 494 g/mol. The summed E-state index contributed by atoms with van der Waals surface area (Å²) >= 11 is 9.52. The minimum Gasteiger partial charge on any atom is -0.482 e. The molecule has 7 heteroatoms. The summed E-state index contributed by atoms with van der Waals surface area (Å²) in [4.78, 5) is 27.3. The van der Waals surface area contributed by atoms with Crippen molar-refractivity contribution in [3.8, 4) is 5.75 Å². The Bertz CT molecular complexity index is 912. The number of carbonyl (C=O) groups is 2. The van der Waals surface area contributed by atoms with Crippen molar-refractivity contribution in [2.75, 3.05) is 6.61 Å². The Labute approximate surface area is 191 Å². The first-order valence-electron chi connectivity index (χ1n) is 9.71. The van der Waals surface area contributed by atoms with Gasteiger partial charge in [-0.25, -0.2) is 0 Å². The van der Waals surface area contributed by atoms with Crippen LogP contribution in [0.5, 0.6) is 5.75 Å². The maximum absolute atomic E-state index is 13.1. The van der Waals surface area contributed by atoms with Crippen LogP contribution in [0.15, 0.2) is 46.9 Å². The van der Waals surface area contributed by atoms with Gasteiger partial charge in [0.2, 0.25) is 5.91 Å². The van der Waals surface area contributed by atoms with E-state index in [0.29, 0.717) is 17.3 Å². The third-order valence-corrected chi connectivity index (χ3v) is 5.13. The molecule has 1 atom stereocenters. The van der Waals surface area contributed by atoms with Gasteiger partial charge in [-0.1, -0.05) is 57.4 Å². The molecule has 0 aromatic heterocycles. The van der Waals surface area contributed by atoms with Crippen molar-refractivity contribution in [1.82, 2.24) is 10.2 Å². The van der Waals surface area contributed by atoms with E-state index in [4.69, 9.17) is 16.3 Å². The molecule has 0 spiro atoms. The number of nitrogens with zero attached hydrogens (tertiary/aromatic N) is 1. The molecule has 1 unspecified atom stereocenters. The minimum absolute atomic E-state index is 0.217. The van der Waals surface area contributed by atoms with Crippen molar-refractivity contribution in [3.63, 3.8) is 0 Å². The lowest BCUT2D eigenvalue weighted by Crippen LogP contribution is -2.53. The van der Waals surface area contributed by atoms with Crippen molar-refractivity contribution < 1.29 is 14.3 Å². The lowest BCUT2D eigenvalue weighted by atomic mass is 10.1. The van der Waals surface area contributed by atoms with E-state index in [-0.39, 0.29) is 18.4 Å². The molecule has 0 aliphatic heterocycles. The van der Waals surface area contributed by atoms with E-state index in [2.05, 4.69) is 21.2 Å². The van der Waals surface area contributed by atoms with Crippen LogP contribution in [0.2, 0.25) is 5.02 Å². The second kappa shape index (κ2) is 10.3. The van der Waals surface area contributed by atoms with Gasteiger partial charge in [-0.15, -0.1) is 0 Å². The number of amides is 2. The molecule has 0 saturated heterocycles. The molecule has 0 radical (unpaired) electrons. The third-order valence-electron chi connectivity index (χ3n) is 4.35. The zero-order valence-corrected chi connectivity index (χ0v) is 20.3. The van der Waals surface area contributed by atoms with Gasteiger partial charge < -0.3 is 15.0 Å². The van der Waals surface area contributed by atoms with Gasteiger partial charge in [0.1, 0.15) is 11.8 Å². The zero-order chi connectivity index (χ0) is 22.5. The van der Waals surface area contributed by atoms with E-state index in [1.165, 1.54) is 4.90 Å². The Morgan fingerprint density at radius 1 is 1.20 bits per heavy atom. The SMILES string of the molecule is Cc1cccc(CN(C(=O)COc2ccc(Br)cc2Cl)C(C)C(=O)NC(C)(C)C)c1. The Balaban J connectivity index is 2.20. The van der Waals surface area contributed by atoms with Crippen LogP contribution in [0, 0.1) is 6.92 Å². The molecule has 30 heavy (non-hydrogen) atoms. The normalized spacial score (nSPS) is 12.2. The first-order valence-corrected chi connectivity index (χ1v) is 10.9. The van der Waals surface area contributed by atoms with Gasteiger partial charge in [-0.2, -0.15) is 0 Å². The van der Waals surface area contributed by atoms with Gasteiger partial charge in [0.25, 0.3) is 5.91 Å². The second-order valence-electron chi connectivity index (χ2n) is 8.29. The Hall–Kier alpha value is -2.05. The number of aryl methyl sites for hydroxylation is 1. The van der Waals surface area contributed by atoms with Crippen LogP contribution < -0.4 is 10.1 Å². The maximum atomic E-state index is 13.1. The van der Waals surface area contributed by atoms with E-state index in [1.807, 2.05) is 52.0 Å². The molecule has 1 N–H and O–H groups in total. The Kier molecular flexibility index (Phi) is 8.33. The number of benzene rings is 2. The van der Waals surface area contributed by atoms with E-state index in [1.54, 1.807) is 25.1 Å². The quantitative estimate of drug-likeness (QED) is 0.580. The summed E-state index contributed by atoms with van der Waals surface area (Å²) in [6.45, 7) is 9.51. The number of halogens is 2. The predicted molar refractivity (Wildman–Crippen MR) is 124 cm³/mol. The standard InChI is InChI=1S/C23H28BrClN2O3/c1-15-7-6-8-17(11-15)13-27(16(2)22(29)26-23(3,4)5)21(28)14-30-20-10-9-18(24)12-19(20)25/h6-12,16H,13-14H2,1-5H3,(H,26,29). The lowest BCUT2D eigenvalue weighted by molar-refractivity contribution is -0.142. The highest BCUT2D eigenvalue weighted by Gasteiger charge is 2.28. The van der Waals surface area contributed by atoms with Crippen molar-refractivity contribution in [3.05, 3.63) is 63.1 Å². The van der Waals surface area contributed by atoms with Crippen molar-refractivity contribution in [1.29, 1.82) is 0 Å².